The number of aliphatic hydroxyl groups excluding tert-OH is 1. The highest BCUT2D eigenvalue weighted by Gasteiger charge is 2.24. The third-order valence-electron chi connectivity index (χ3n) is 3.99. The highest BCUT2D eigenvalue weighted by atomic mass is 16.3. The number of aromatic nitrogens is 2. The molecule has 1 aromatic rings. The largest absolute Gasteiger partial charge is 0.393 e. The van der Waals surface area contributed by atoms with Gasteiger partial charge in [-0.1, -0.05) is 20.8 Å². The minimum absolute atomic E-state index is 0.0407. The topological polar surface area (TPSA) is 49.2 Å². The number of aliphatic hydroxyl groups is 1. The number of rotatable bonds is 2. The molecule has 1 saturated carbocycles. The lowest BCUT2D eigenvalue weighted by Crippen LogP contribution is -2.37. The fourth-order valence-corrected chi connectivity index (χ4v) is 2.55. The molecule has 4 heteroatoms. The van der Waals surface area contributed by atoms with Gasteiger partial charge in [-0.3, -0.25) is 0 Å². The summed E-state index contributed by atoms with van der Waals surface area (Å²) in [6.07, 6.45) is 3.73. The van der Waals surface area contributed by atoms with Gasteiger partial charge in [-0.15, -0.1) is 5.10 Å². The first-order valence-electron chi connectivity index (χ1n) is 7.13. The Labute approximate surface area is 115 Å². The van der Waals surface area contributed by atoms with E-state index < -0.39 is 0 Å². The van der Waals surface area contributed by atoms with Gasteiger partial charge in [-0.05, 0) is 37.8 Å². The summed E-state index contributed by atoms with van der Waals surface area (Å²) in [5.41, 5.74) is 1.06. The second kappa shape index (κ2) is 5.45. The Morgan fingerprint density at radius 3 is 2.21 bits per heavy atom. The Morgan fingerprint density at radius 1 is 1.11 bits per heavy atom. The van der Waals surface area contributed by atoms with Crippen LogP contribution in [0.25, 0.3) is 0 Å². The Bertz CT molecular complexity index is 402. The SMILES string of the molecule is CN(c1ccc(C(C)(C)C)nn1)C1CCC(O)CC1. The molecule has 1 aromatic heterocycles. The third kappa shape index (κ3) is 3.44. The molecule has 2 rings (SSSR count). The number of hydrogen-bond acceptors (Lipinski definition) is 4. The predicted octanol–water partition coefficient (Wildman–Crippen LogP) is 2.51. The first kappa shape index (κ1) is 14.3. The van der Waals surface area contributed by atoms with Crippen molar-refractivity contribution in [1.82, 2.24) is 10.2 Å². The normalized spacial score (nSPS) is 24.3. The summed E-state index contributed by atoms with van der Waals surface area (Å²) in [5.74, 6) is 0.925. The van der Waals surface area contributed by atoms with Crippen LogP contribution in [0.5, 0.6) is 0 Å². The molecule has 0 atom stereocenters. The van der Waals surface area contributed by atoms with Crippen molar-refractivity contribution in [1.29, 1.82) is 0 Å². The van der Waals surface area contributed by atoms with Crippen LogP contribution in [0.1, 0.15) is 52.1 Å². The molecule has 0 radical (unpaired) electrons. The van der Waals surface area contributed by atoms with E-state index in [0.717, 1.165) is 37.2 Å². The van der Waals surface area contributed by atoms with Crippen LogP contribution in [0.15, 0.2) is 12.1 Å². The number of nitrogens with zero attached hydrogens (tertiary/aromatic N) is 3. The molecule has 1 N–H and O–H groups in total. The third-order valence-corrected chi connectivity index (χ3v) is 3.99. The Kier molecular flexibility index (Phi) is 4.09. The second-order valence-electron chi connectivity index (χ2n) is 6.60. The van der Waals surface area contributed by atoms with E-state index in [4.69, 9.17) is 0 Å². The van der Waals surface area contributed by atoms with E-state index >= 15 is 0 Å². The quantitative estimate of drug-likeness (QED) is 0.890. The summed E-state index contributed by atoms with van der Waals surface area (Å²) in [7, 11) is 2.07. The molecule has 4 nitrogen and oxygen atoms in total. The lowest BCUT2D eigenvalue weighted by Gasteiger charge is -2.33. The summed E-state index contributed by atoms with van der Waals surface area (Å²) in [6, 6.07) is 4.59. The van der Waals surface area contributed by atoms with Crippen LogP contribution >= 0.6 is 0 Å². The van der Waals surface area contributed by atoms with Crippen molar-refractivity contribution in [2.75, 3.05) is 11.9 Å². The van der Waals surface area contributed by atoms with Crippen molar-refractivity contribution in [3.8, 4) is 0 Å². The van der Waals surface area contributed by atoms with Crippen LogP contribution in [0, 0.1) is 0 Å². The first-order valence-corrected chi connectivity index (χ1v) is 7.13. The highest BCUT2D eigenvalue weighted by molar-refractivity contribution is 5.38. The molecule has 0 aliphatic heterocycles. The Balaban J connectivity index is 2.05. The second-order valence-corrected chi connectivity index (χ2v) is 6.60. The molecule has 0 aromatic carbocycles. The zero-order chi connectivity index (χ0) is 14.0. The summed E-state index contributed by atoms with van der Waals surface area (Å²) >= 11 is 0. The van der Waals surface area contributed by atoms with Gasteiger partial charge in [-0.25, -0.2) is 0 Å². The van der Waals surface area contributed by atoms with Gasteiger partial charge in [0.15, 0.2) is 5.82 Å². The van der Waals surface area contributed by atoms with Crippen molar-refractivity contribution in [3.63, 3.8) is 0 Å². The molecule has 1 heterocycles. The standard InChI is InChI=1S/C15H25N3O/c1-15(2,3)13-9-10-14(17-16-13)18(4)11-5-7-12(19)8-6-11/h9-12,19H,5-8H2,1-4H3. The van der Waals surface area contributed by atoms with Crippen molar-refractivity contribution >= 4 is 5.82 Å². The van der Waals surface area contributed by atoms with Gasteiger partial charge in [0.25, 0.3) is 0 Å². The maximum Gasteiger partial charge on any atom is 0.151 e. The van der Waals surface area contributed by atoms with Gasteiger partial charge < -0.3 is 10.0 Å². The summed E-state index contributed by atoms with van der Waals surface area (Å²) in [5, 5.41) is 18.3. The molecule has 1 fully saturated rings. The smallest absolute Gasteiger partial charge is 0.151 e. The van der Waals surface area contributed by atoms with E-state index in [0.29, 0.717) is 6.04 Å². The van der Waals surface area contributed by atoms with Gasteiger partial charge in [0.05, 0.1) is 11.8 Å². The van der Waals surface area contributed by atoms with Crippen LogP contribution in [0.4, 0.5) is 5.82 Å². The zero-order valence-corrected chi connectivity index (χ0v) is 12.4. The molecular weight excluding hydrogens is 238 g/mol. The molecule has 106 valence electrons. The molecule has 1 aliphatic rings. The monoisotopic (exact) mass is 263 g/mol. The van der Waals surface area contributed by atoms with Crippen LogP contribution < -0.4 is 4.90 Å². The zero-order valence-electron chi connectivity index (χ0n) is 12.4. The highest BCUT2D eigenvalue weighted by Crippen LogP contribution is 2.26. The van der Waals surface area contributed by atoms with Crippen molar-refractivity contribution in [2.24, 2.45) is 0 Å². The fraction of sp³-hybridized carbons (Fsp3) is 0.733. The molecule has 0 unspecified atom stereocenters. The molecule has 0 spiro atoms. The van der Waals surface area contributed by atoms with Crippen molar-refractivity contribution < 1.29 is 5.11 Å². The lowest BCUT2D eigenvalue weighted by atomic mass is 9.91. The molecule has 1 aliphatic carbocycles. The van der Waals surface area contributed by atoms with Crippen LogP contribution in [0.2, 0.25) is 0 Å². The van der Waals surface area contributed by atoms with E-state index in [2.05, 4.69) is 55.0 Å². The summed E-state index contributed by atoms with van der Waals surface area (Å²) < 4.78 is 0. The predicted molar refractivity (Wildman–Crippen MR) is 77.4 cm³/mol. The minimum atomic E-state index is -0.112. The Morgan fingerprint density at radius 2 is 1.74 bits per heavy atom. The molecular formula is C15H25N3O. The van der Waals surface area contributed by atoms with Gasteiger partial charge in [-0.2, -0.15) is 5.10 Å². The lowest BCUT2D eigenvalue weighted by molar-refractivity contribution is 0.122. The molecule has 19 heavy (non-hydrogen) atoms. The van der Waals surface area contributed by atoms with Gasteiger partial charge >= 0.3 is 0 Å². The first-order chi connectivity index (χ1) is 8.88. The van der Waals surface area contributed by atoms with Gasteiger partial charge in [0.2, 0.25) is 0 Å². The molecule has 0 amide bonds. The fourth-order valence-electron chi connectivity index (χ4n) is 2.55. The summed E-state index contributed by atoms with van der Waals surface area (Å²) in [6.45, 7) is 6.43. The van der Waals surface area contributed by atoms with Gasteiger partial charge in [0, 0.05) is 18.5 Å². The number of anilines is 1. The maximum absolute atomic E-state index is 9.56. The maximum atomic E-state index is 9.56. The van der Waals surface area contributed by atoms with Crippen LogP contribution in [-0.4, -0.2) is 34.5 Å². The average Bonchev–Trinajstić information content (AvgIpc) is 2.38. The van der Waals surface area contributed by atoms with Crippen LogP contribution in [0.3, 0.4) is 0 Å². The van der Waals surface area contributed by atoms with Crippen molar-refractivity contribution in [3.05, 3.63) is 17.8 Å². The number of hydrogen-bond donors (Lipinski definition) is 1. The van der Waals surface area contributed by atoms with E-state index in [-0.39, 0.29) is 11.5 Å². The summed E-state index contributed by atoms with van der Waals surface area (Å²) in [4.78, 5) is 2.20. The van der Waals surface area contributed by atoms with E-state index in [9.17, 15) is 5.11 Å². The average molecular weight is 263 g/mol. The molecule has 0 saturated heterocycles. The Hall–Kier alpha value is -1.16. The van der Waals surface area contributed by atoms with Gasteiger partial charge in [0.1, 0.15) is 0 Å². The molecule has 0 bridgehead atoms. The minimum Gasteiger partial charge on any atom is -0.393 e. The van der Waals surface area contributed by atoms with Crippen LogP contribution in [-0.2, 0) is 5.41 Å². The van der Waals surface area contributed by atoms with E-state index in [1.165, 1.54) is 0 Å². The van der Waals surface area contributed by atoms with Crippen molar-refractivity contribution in [2.45, 2.75) is 64.0 Å². The van der Waals surface area contributed by atoms with E-state index in [1.807, 2.05) is 0 Å². The van der Waals surface area contributed by atoms with E-state index in [1.54, 1.807) is 0 Å².